The van der Waals surface area contributed by atoms with E-state index >= 15 is 0 Å². The first kappa shape index (κ1) is 11.3. The summed E-state index contributed by atoms with van der Waals surface area (Å²) in [5.74, 6) is 2.12. The van der Waals surface area contributed by atoms with Crippen LogP contribution in [0.2, 0.25) is 0 Å². The molecule has 4 heteroatoms. The van der Waals surface area contributed by atoms with Crippen LogP contribution >= 0.6 is 0 Å². The third kappa shape index (κ3) is 2.32. The Kier molecular flexibility index (Phi) is 2.69. The lowest BCUT2D eigenvalue weighted by Crippen LogP contribution is -2.13. The fourth-order valence-corrected chi connectivity index (χ4v) is 2.57. The van der Waals surface area contributed by atoms with Crippen molar-refractivity contribution >= 4 is 16.8 Å². The van der Waals surface area contributed by atoms with Crippen LogP contribution in [0, 0.1) is 5.92 Å². The van der Waals surface area contributed by atoms with Gasteiger partial charge in [0.2, 0.25) is 0 Å². The summed E-state index contributed by atoms with van der Waals surface area (Å²) in [7, 11) is 0. The van der Waals surface area contributed by atoms with Gasteiger partial charge >= 0.3 is 0 Å². The summed E-state index contributed by atoms with van der Waals surface area (Å²) in [4.78, 5) is 4.58. The molecule has 4 rings (SSSR count). The van der Waals surface area contributed by atoms with Gasteiger partial charge in [-0.15, -0.1) is 0 Å². The minimum absolute atomic E-state index is 0.569. The number of nitrogens with one attached hydrogen (secondary N) is 1. The molecular formula is C15H18N2O2. The lowest BCUT2D eigenvalue weighted by atomic mass is 10.1. The number of oxazole rings is 1. The molecule has 1 aliphatic heterocycles. The molecule has 1 unspecified atom stereocenters. The van der Waals surface area contributed by atoms with E-state index in [0.29, 0.717) is 11.8 Å². The van der Waals surface area contributed by atoms with Gasteiger partial charge in [-0.05, 0) is 37.5 Å². The molecule has 0 spiro atoms. The number of aromatic nitrogens is 1. The highest BCUT2D eigenvalue weighted by Crippen LogP contribution is 2.40. The lowest BCUT2D eigenvalue weighted by Gasteiger charge is -2.10. The van der Waals surface area contributed by atoms with Crippen molar-refractivity contribution in [1.29, 1.82) is 0 Å². The molecule has 1 atom stereocenters. The van der Waals surface area contributed by atoms with Gasteiger partial charge in [-0.25, -0.2) is 4.98 Å². The van der Waals surface area contributed by atoms with Gasteiger partial charge in [0.05, 0.1) is 6.61 Å². The van der Waals surface area contributed by atoms with E-state index < -0.39 is 0 Å². The second-order valence-corrected chi connectivity index (χ2v) is 5.62. The molecule has 0 radical (unpaired) electrons. The second-order valence-electron chi connectivity index (χ2n) is 5.62. The summed E-state index contributed by atoms with van der Waals surface area (Å²) in [6.07, 6.45) is 3.60. The third-order valence-corrected chi connectivity index (χ3v) is 3.95. The van der Waals surface area contributed by atoms with Crippen LogP contribution in [0.1, 0.15) is 31.1 Å². The van der Waals surface area contributed by atoms with Crippen LogP contribution in [-0.2, 0) is 4.74 Å². The zero-order chi connectivity index (χ0) is 12.7. The number of rotatable bonds is 4. The van der Waals surface area contributed by atoms with E-state index in [1.165, 1.54) is 12.8 Å². The van der Waals surface area contributed by atoms with Crippen LogP contribution in [0.5, 0.6) is 0 Å². The molecule has 0 bridgehead atoms. The minimum atomic E-state index is 0.569. The Morgan fingerprint density at radius 3 is 3.00 bits per heavy atom. The fourth-order valence-electron chi connectivity index (χ4n) is 2.57. The number of anilines is 1. The highest BCUT2D eigenvalue weighted by molar-refractivity contribution is 5.77. The van der Waals surface area contributed by atoms with Crippen LogP contribution in [0.4, 0.5) is 5.69 Å². The van der Waals surface area contributed by atoms with Crippen LogP contribution < -0.4 is 5.32 Å². The van der Waals surface area contributed by atoms with Crippen molar-refractivity contribution in [3.8, 4) is 0 Å². The number of benzene rings is 1. The molecule has 19 heavy (non-hydrogen) atoms. The predicted molar refractivity (Wildman–Crippen MR) is 73.4 cm³/mol. The fraction of sp³-hybridized carbons (Fsp3) is 0.533. The number of fused-ring (bicyclic) bond motifs is 1. The van der Waals surface area contributed by atoms with Gasteiger partial charge < -0.3 is 14.5 Å². The van der Waals surface area contributed by atoms with Crippen molar-refractivity contribution in [3.05, 3.63) is 24.1 Å². The molecule has 1 aliphatic carbocycles. The largest absolute Gasteiger partial charge is 0.440 e. The van der Waals surface area contributed by atoms with Gasteiger partial charge in [-0.3, -0.25) is 0 Å². The Bertz CT molecular complexity index is 583. The van der Waals surface area contributed by atoms with Crippen molar-refractivity contribution in [2.24, 2.45) is 5.92 Å². The lowest BCUT2D eigenvalue weighted by molar-refractivity contribution is 0.187. The Morgan fingerprint density at radius 1 is 1.26 bits per heavy atom. The zero-order valence-electron chi connectivity index (χ0n) is 10.9. The third-order valence-electron chi connectivity index (χ3n) is 3.95. The van der Waals surface area contributed by atoms with E-state index in [9.17, 15) is 0 Å². The van der Waals surface area contributed by atoms with E-state index in [-0.39, 0.29) is 0 Å². The summed E-state index contributed by atoms with van der Waals surface area (Å²) in [5.41, 5.74) is 2.99. The number of ether oxygens (including phenoxy) is 1. The van der Waals surface area contributed by atoms with Crippen LogP contribution in [0.15, 0.2) is 22.6 Å². The molecule has 1 saturated carbocycles. The summed E-state index contributed by atoms with van der Waals surface area (Å²) >= 11 is 0. The number of nitrogens with zero attached hydrogens (tertiary/aromatic N) is 1. The quantitative estimate of drug-likeness (QED) is 0.915. The van der Waals surface area contributed by atoms with Crippen LogP contribution in [-0.4, -0.2) is 24.7 Å². The summed E-state index contributed by atoms with van der Waals surface area (Å²) in [5, 5.41) is 3.47. The van der Waals surface area contributed by atoms with Gasteiger partial charge in [0.1, 0.15) is 5.52 Å². The van der Waals surface area contributed by atoms with E-state index in [1.807, 2.05) is 6.07 Å². The molecule has 1 aromatic heterocycles. The van der Waals surface area contributed by atoms with E-state index in [0.717, 1.165) is 48.9 Å². The summed E-state index contributed by atoms with van der Waals surface area (Å²) in [6.45, 7) is 2.75. The highest BCUT2D eigenvalue weighted by Gasteiger charge is 2.28. The number of hydrogen-bond donors (Lipinski definition) is 1. The SMILES string of the molecule is c1cc2oc(C3CC3)nc2cc1NCC1CCOC1. The zero-order valence-corrected chi connectivity index (χ0v) is 10.9. The van der Waals surface area contributed by atoms with E-state index in [2.05, 4.69) is 22.4 Å². The summed E-state index contributed by atoms with van der Waals surface area (Å²) < 4.78 is 11.2. The number of hydrogen-bond acceptors (Lipinski definition) is 4. The molecule has 100 valence electrons. The topological polar surface area (TPSA) is 47.3 Å². The molecule has 0 amide bonds. The monoisotopic (exact) mass is 258 g/mol. The van der Waals surface area contributed by atoms with Crippen molar-refractivity contribution in [2.75, 3.05) is 25.1 Å². The first-order chi connectivity index (χ1) is 9.38. The molecular weight excluding hydrogens is 240 g/mol. The van der Waals surface area contributed by atoms with Crippen LogP contribution in [0.3, 0.4) is 0 Å². The Hall–Kier alpha value is -1.55. The van der Waals surface area contributed by atoms with E-state index in [4.69, 9.17) is 9.15 Å². The smallest absolute Gasteiger partial charge is 0.198 e. The van der Waals surface area contributed by atoms with Gasteiger partial charge in [0.15, 0.2) is 11.5 Å². The van der Waals surface area contributed by atoms with Crippen molar-refractivity contribution < 1.29 is 9.15 Å². The molecule has 1 saturated heterocycles. The van der Waals surface area contributed by atoms with Crippen molar-refractivity contribution in [3.63, 3.8) is 0 Å². The average Bonchev–Trinajstić information content (AvgIpc) is 3.00. The summed E-state index contributed by atoms with van der Waals surface area (Å²) in [6, 6.07) is 6.17. The molecule has 2 fully saturated rings. The van der Waals surface area contributed by atoms with Crippen molar-refractivity contribution in [1.82, 2.24) is 4.98 Å². The maximum atomic E-state index is 5.77. The standard InChI is InChI=1S/C15H18N2O2/c1-2-11(1)15-17-13-7-12(3-4-14(13)19-15)16-8-10-5-6-18-9-10/h3-4,7,10-11,16H,1-2,5-6,8-9H2. The molecule has 1 aromatic carbocycles. The van der Waals surface area contributed by atoms with Gasteiger partial charge in [0.25, 0.3) is 0 Å². The molecule has 2 heterocycles. The Labute approximate surface area is 112 Å². The highest BCUT2D eigenvalue weighted by atomic mass is 16.5. The minimum Gasteiger partial charge on any atom is -0.440 e. The van der Waals surface area contributed by atoms with Gasteiger partial charge in [-0.2, -0.15) is 0 Å². The maximum Gasteiger partial charge on any atom is 0.198 e. The van der Waals surface area contributed by atoms with Gasteiger partial charge in [0, 0.05) is 30.7 Å². The van der Waals surface area contributed by atoms with E-state index in [1.54, 1.807) is 0 Å². The normalized spacial score (nSPS) is 23.1. The Morgan fingerprint density at radius 2 is 2.21 bits per heavy atom. The van der Waals surface area contributed by atoms with Crippen molar-refractivity contribution in [2.45, 2.75) is 25.2 Å². The maximum absolute atomic E-state index is 5.77. The van der Waals surface area contributed by atoms with Gasteiger partial charge in [-0.1, -0.05) is 0 Å². The molecule has 2 aromatic rings. The Balaban J connectivity index is 1.50. The van der Waals surface area contributed by atoms with Crippen LogP contribution in [0.25, 0.3) is 11.1 Å². The predicted octanol–water partition coefficient (Wildman–Crippen LogP) is 3.15. The first-order valence-corrected chi connectivity index (χ1v) is 7.10. The first-order valence-electron chi connectivity index (χ1n) is 7.10. The molecule has 1 N–H and O–H groups in total. The molecule has 4 nitrogen and oxygen atoms in total. The average molecular weight is 258 g/mol. The molecule has 2 aliphatic rings. The second kappa shape index (κ2) is 4.53.